The summed E-state index contributed by atoms with van der Waals surface area (Å²) in [5.74, 6) is -0.797. The van der Waals surface area contributed by atoms with E-state index in [1.54, 1.807) is 18.2 Å². The van der Waals surface area contributed by atoms with Crippen molar-refractivity contribution in [3.8, 4) is 11.5 Å². The predicted octanol–water partition coefficient (Wildman–Crippen LogP) is 1.79. The van der Waals surface area contributed by atoms with Crippen molar-refractivity contribution in [1.29, 1.82) is 0 Å². The molecular weight excluding hydrogens is 310 g/mol. The lowest BCUT2D eigenvalue weighted by Crippen LogP contribution is -2.32. The molecule has 2 aromatic carbocycles. The van der Waals surface area contributed by atoms with Gasteiger partial charge in [0.25, 0.3) is 0 Å². The molecule has 0 bridgehead atoms. The van der Waals surface area contributed by atoms with Crippen LogP contribution in [0.4, 0.5) is 5.69 Å². The normalized spacial score (nSPS) is 10.2. The number of hydrogen-bond acceptors (Lipinski definition) is 5. The van der Waals surface area contributed by atoms with Gasteiger partial charge < -0.3 is 14.8 Å². The summed E-state index contributed by atoms with van der Waals surface area (Å²) in [6.07, 6.45) is 1.44. The van der Waals surface area contributed by atoms with Crippen LogP contribution < -0.4 is 20.2 Å². The van der Waals surface area contributed by atoms with Gasteiger partial charge >= 0.3 is 11.8 Å². The first kappa shape index (κ1) is 17.0. The Bertz CT molecular complexity index is 745. The fraction of sp³-hybridized carbons (Fsp3) is 0.118. The van der Waals surface area contributed by atoms with Crippen LogP contribution in [0.5, 0.6) is 11.5 Å². The highest BCUT2D eigenvalue weighted by atomic mass is 16.5. The van der Waals surface area contributed by atoms with Crippen molar-refractivity contribution in [2.24, 2.45) is 5.10 Å². The number of benzene rings is 2. The van der Waals surface area contributed by atoms with Gasteiger partial charge in [-0.05, 0) is 17.7 Å². The average Bonchev–Trinajstić information content (AvgIpc) is 2.62. The Morgan fingerprint density at radius 1 is 1.00 bits per heavy atom. The summed E-state index contributed by atoms with van der Waals surface area (Å²) >= 11 is 0. The molecule has 0 spiro atoms. The van der Waals surface area contributed by atoms with E-state index in [1.165, 1.54) is 20.4 Å². The van der Waals surface area contributed by atoms with Crippen LogP contribution in [0.25, 0.3) is 0 Å². The number of ether oxygens (including phenoxy) is 2. The molecule has 24 heavy (non-hydrogen) atoms. The zero-order valence-electron chi connectivity index (χ0n) is 13.3. The molecule has 0 aromatic heterocycles. The van der Waals surface area contributed by atoms with E-state index in [0.29, 0.717) is 17.2 Å². The van der Waals surface area contributed by atoms with E-state index in [0.717, 1.165) is 5.56 Å². The number of rotatable bonds is 5. The maximum atomic E-state index is 11.9. The van der Waals surface area contributed by atoms with Gasteiger partial charge in [-0.2, -0.15) is 5.10 Å². The lowest BCUT2D eigenvalue weighted by atomic mass is 10.2. The number of carbonyl (C=O) groups excluding carboxylic acids is 2. The summed E-state index contributed by atoms with van der Waals surface area (Å²) < 4.78 is 10.2. The van der Waals surface area contributed by atoms with Crippen LogP contribution >= 0.6 is 0 Å². The van der Waals surface area contributed by atoms with Crippen LogP contribution in [0.3, 0.4) is 0 Å². The largest absolute Gasteiger partial charge is 0.497 e. The fourth-order valence-corrected chi connectivity index (χ4v) is 1.84. The van der Waals surface area contributed by atoms with Gasteiger partial charge in [0.15, 0.2) is 0 Å². The molecular formula is C17H17N3O4. The van der Waals surface area contributed by atoms with Crippen molar-refractivity contribution in [3.63, 3.8) is 0 Å². The van der Waals surface area contributed by atoms with Gasteiger partial charge in [-0.3, -0.25) is 9.59 Å². The molecule has 0 saturated carbocycles. The first-order chi connectivity index (χ1) is 11.6. The molecule has 0 fully saturated rings. The fourth-order valence-electron chi connectivity index (χ4n) is 1.84. The maximum absolute atomic E-state index is 11.9. The van der Waals surface area contributed by atoms with E-state index >= 15 is 0 Å². The topological polar surface area (TPSA) is 89.0 Å². The van der Waals surface area contributed by atoms with Gasteiger partial charge in [0, 0.05) is 6.07 Å². The van der Waals surface area contributed by atoms with E-state index in [4.69, 9.17) is 9.47 Å². The molecule has 2 N–H and O–H groups in total. The number of hydrazone groups is 1. The Balaban J connectivity index is 1.96. The molecule has 0 heterocycles. The molecule has 2 rings (SSSR count). The number of anilines is 1. The molecule has 7 nitrogen and oxygen atoms in total. The van der Waals surface area contributed by atoms with Crippen LogP contribution in [0.2, 0.25) is 0 Å². The smallest absolute Gasteiger partial charge is 0.329 e. The standard InChI is InChI=1S/C17H17N3O4/c1-23-13-8-9-14(15(10-13)24-2)19-16(21)17(22)20-18-11-12-6-4-3-5-7-12/h3-11H,1-2H3,(H,19,21)(H,20,22)/b18-11-. The summed E-state index contributed by atoms with van der Waals surface area (Å²) in [6.45, 7) is 0. The van der Waals surface area contributed by atoms with Crippen LogP contribution in [-0.2, 0) is 9.59 Å². The molecule has 0 radical (unpaired) electrons. The molecule has 0 atom stereocenters. The highest BCUT2D eigenvalue weighted by Gasteiger charge is 2.15. The lowest BCUT2D eigenvalue weighted by Gasteiger charge is -2.10. The Morgan fingerprint density at radius 2 is 1.75 bits per heavy atom. The second-order valence-electron chi connectivity index (χ2n) is 4.63. The number of carbonyl (C=O) groups is 2. The first-order valence-corrected chi connectivity index (χ1v) is 7.05. The second-order valence-corrected chi connectivity index (χ2v) is 4.63. The third kappa shape index (κ3) is 4.57. The minimum atomic E-state index is -0.889. The molecule has 0 aliphatic rings. The molecule has 0 unspecified atom stereocenters. The highest BCUT2D eigenvalue weighted by Crippen LogP contribution is 2.28. The summed E-state index contributed by atoms with van der Waals surface area (Å²) in [6, 6.07) is 14.0. The Morgan fingerprint density at radius 3 is 2.42 bits per heavy atom. The van der Waals surface area contributed by atoms with Crippen molar-refractivity contribution in [1.82, 2.24) is 5.43 Å². The lowest BCUT2D eigenvalue weighted by molar-refractivity contribution is -0.136. The van der Waals surface area contributed by atoms with Crippen molar-refractivity contribution >= 4 is 23.7 Å². The molecule has 0 aliphatic heterocycles. The van der Waals surface area contributed by atoms with E-state index in [2.05, 4.69) is 15.8 Å². The number of hydrogen-bond donors (Lipinski definition) is 2. The van der Waals surface area contributed by atoms with Gasteiger partial charge in [-0.25, -0.2) is 5.43 Å². The van der Waals surface area contributed by atoms with Crippen molar-refractivity contribution in [3.05, 3.63) is 54.1 Å². The summed E-state index contributed by atoms with van der Waals surface area (Å²) in [7, 11) is 2.97. The molecule has 2 amide bonds. The summed E-state index contributed by atoms with van der Waals surface area (Å²) in [5.41, 5.74) is 3.32. The third-order valence-electron chi connectivity index (χ3n) is 3.04. The van der Waals surface area contributed by atoms with Crippen LogP contribution in [0, 0.1) is 0 Å². The summed E-state index contributed by atoms with van der Waals surface area (Å²) in [4.78, 5) is 23.7. The number of nitrogens with zero attached hydrogens (tertiary/aromatic N) is 1. The highest BCUT2D eigenvalue weighted by molar-refractivity contribution is 6.39. The third-order valence-corrected chi connectivity index (χ3v) is 3.04. The van der Waals surface area contributed by atoms with E-state index in [9.17, 15) is 9.59 Å². The average molecular weight is 327 g/mol. The monoisotopic (exact) mass is 327 g/mol. The molecule has 124 valence electrons. The SMILES string of the molecule is COc1ccc(NC(=O)C(=O)N/N=C\c2ccccc2)c(OC)c1. The van der Waals surface area contributed by atoms with Crippen molar-refractivity contribution < 1.29 is 19.1 Å². The van der Waals surface area contributed by atoms with Gasteiger partial charge in [-0.15, -0.1) is 0 Å². The van der Waals surface area contributed by atoms with Gasteiger partial charge in [0.2, 0.25) is 0 Å². The Hall–Kier alpha value is -3.35. The van der Waals surface area contributed by atoms with Crippen LogP contribution in [0.15, 0.2) is 53.6 Å². The van der Waals surface area contributed by atoms with Gasteiger partial charge in [0.05, 0.1) is 26.1 Å². The summed E-state index contributed by atoms with van der Waals surface area (Å²) in [5, 5.41) is 6.19. The predicted molar refractivity (Wildman–Crippen MR) is 90.4 cm³/mol. The van der Waals surface area contributed by atoms with Crippen molar-refractivity contribution in [2.75, 3.05) is 19.5 Å². The maximum Gasteiger partial charge on any atom is 0.329 e. The molecule has 0 aliphatic carbocycles. The quantitative estimate of drug-likeness (QED) is 0.498. The van der Waals surface area contributed by atoms with Crippen LogP contribution in [-0.4, -0.2) is 32.2 Å². The van der Waals surface area contributed by atoms with Crippen LogP contribution in [0.1, 0.15) is 5.56 Å². The minimum absolute atomic E-state index is 0.352. The van der Waals surface area contributed by atoms with E-state index in [1.807, 2.05) is 30.3 Å². The Kier molecular flexibility index (Phi) is 5.90. The zero-order chi connectivity index (χ0) is 17.4. The minimum Gasteiger partial charge on any atom is -0.497 e. The second kappa shape index (κ2) is 8.33. The van der Waals surface area contributed by atoms with E-state index in [-0.39, 0.29) is 0 Å². The molecule has 0 saturated heterocycles. The number of methoxy groups -OCH3 is 2. The number of nitrogens with one attached hydrogen (secondary N) is 2. The molecule has 7 heteroatoms. The van der Waals surface area contributed by atoms with E-state index < -0.39 is 11.8 Å². The van der Waals surface area contributed by atoms with Gasteiger partial charge in [-0.1, -0.05) is 30.3 Å². The first-order valence-electron chi connectivity index (χ1n) is 7.05. The van der Waals surface area contributed by atoms with Gasteiger partial charge in [0.1, 0.15) is 11.5 Å². The Labute approximate surface area is 139 Å². The molecule has 2 aromatic rings. The van der Waals surface area contributed by atoms with Crippen molar-refractivity contribution in [2.45, 2.75) is 0 Å². The zero-order valence-corrected chi connectivity index (χ0v) is 13.3. The number of amides is 2.